The van der Waals surface area contributed by atoms with Gasteiger partial charge in [0.05, 0.1) is 12.6 Å². The van der Waals surface area contributed by atoms with Crippen molar-refractivity contribution in [1.29, 1.82) is 0 Å². The smallest absolute Gasteiger partial charge is 0.264 e. The highest BCUT2D eigenvalue weighted by molar-refractivity contribution is 7.92. The lowest BCUT2D eigenvalue weighted by molar-refractivity contribution is 0.0736. The molecule has 0 saturated carbocycles. The molecule has 1 aliphatic rings. The van der Waals surface area contributed by atoms with Gasteiger partial charge in [0.2, 0.25) is 5.88 Å². The first-order valence-corrected chi connectivity index (χ1v) is 15.4. The predicted molar refractivity (Wildman–Crippen MR) is 167 cm³/mol. The van der Waals surface area contributed by atoms with Crippen LogP contribution in [0.5, 0.6) is 5.88 Å². The van der Waals surface area contributed by atoms with Crippen LogP contribution in [0.2, 0.25) is 0 Å². The van der Waals surface area contributed by atoms with E-state index >= 15 is 0 Å². The third kappa shape index (κ3) is 6.12. The SMILES string of the molecule is COc1ncc(-c2ccc3nc(N)c(-c4cccc(C(=O)N5CCNCC5)c4)cc3c2)cc1NS(=O)(=O)c1ccc(F)cc1F. The Hall–Kier alpha value is -5.14. The van der Waals surface area contributed by atoms with Gasteiger partial charge in [-0.2, -0.15) is 0 Å². The number of amides is 1. The standard InChI is InChI=1S/C32H28F2N6O4S/c1-44-31-28(39-45(42,43)29-8-6-24(33)17-26(29)34)16-23(18-37-31)19-5-7-27-22(13-19)15-25(30(35)38-27)20-3-2-4-21(14-20)32(41)40-11-9-36-10-12-40/h2-8,13-18,36,39H,9-12H2,1H3,(H2,35,38). The molecular formula is C32H28F2N6O4S. The maximum Gasteiger partial charge on any atom is 0.264 e. The Bertz CT molecular complexity index is 2050. The van der Waals surface area contributed by atoms with Gasteiger partial charge in [0, 0.05) is 60.5 Å². The van der Waals surface area contributed by atoms with Crippen molar-refractivity contribution in [3.8, 4) is 28.1 Å². The molecule has 5 aromatic rings. The Morgan fingerprint density at radius 1 is 0.978 bits per heavy atom. The van der Waals surface area contributed by atoms with Crippen LogP contribution in [0, 0.1) is 11.6 Å². The number of nitrogens with zero attached hydrogens (tertiary/aromatic N) is 3. The molecule has 0 aliphatic carbocycles. The summed E-state index contributed by atoms with van der Waals surface area (Å²) in [6.45, 7) is 2.77. The number of fused-ring (bicyclic) bond motifs is 1. The van der Waals surface area contributed by atoms with E-state index in [1.807, 2.05) is 35.2 Å². The Morgan fingerprint density at radius 2 is 1.78 bits per heavy atom. The van der Waals surface area contributed by atoms with E-state index in [4.69, 9.17) is 10.5 Å². The summed E-state index contributed by atoms with van der Waals surface area (Å²) in [5.74, 6) is -1.93. The molecule has 10 nitrogen and oxygen atoms in total. The Balaban J connectivity index is 1.34. The van der Waals surface area contributed by atoms with Crippen LogP contribution in [0.3, 0.4) is 0 Å². The van der Waals surface area contributed by atoms with E-state index in [-0.39, 0.29) is 17.5 Å². The average molecular weight is 631 g/mol. The Morgan fingerprint density at radius 3 is 2.53 bits per heavy atom. The number of pyridine rings is 2. The number of halogens is 2. The number of sulfonamides is 1. The molecule has 3 heterocycles. The number of anilines is 2. The zero-order valence-corrected chi connectivity index (χ0v) is 24.9. The minimum atomic E-state index is -4.45. The summed E-state index contributed by atoms with van der Waals surface area (Å²) in [5.41, 5.74) is 10.1. The second-order valence-electron chi connectivity index (χ2n) is 10.4. The fraction of sp³-hybridized carbons (Fsp3) is 0.156. The molecule has 1 amide bonds. The molecule has 1 saturated heterocycles. The Kier molecular flexibility index (Phi) is 8.04. The number of nitrogen functional groups attached to an aromatic ring is 1. The van der Waals surface area contributed by atoms with Crippen molar-refractivity contribution in [2.24, 2.45) is 0 Å². The largest absolute Gasteiger partial charge is 0.480 e. The van der Waals surface area contributed by atoms with Gasteiger partial charge in [-0.05, 0) is 59.7 Å². The van der Waals surface area contributed by atoms with Gasteiger partial charge in [0.25, 0.3) is 15.9 Å². The van der Waals surface area contributed by atoms with Crippen LogP contribution in [0.25, 0.3) is 33.2 Å². The van der Waals surface area contributed by atoms with Gasteiger partial charge >= 0.3 is 0 Å². The Labute approximate surface area is 257 Å². The highest BCUT2D eigenvalue weighted by Crippen LogP contribution is 2.34. The lowest BCUT2D eigenvalue weighted by Crippen LogP contribution is -2.46. The second-order valence-corrected chi connectivity index (χ2v) is 12.1. The molecule has 6 rings (SSSR count). The summed E-state index contributed by atoms with van der Waals surface area (Å²) in [6.07, 6.45) is 1.51. The molecule has 3 aromatic carbocycles. The van der Waals surface area contributed by atoms with Gasteiger partial charge in [-0.3, -0.25) is 9.52 Å². The fourth-order valence-electron chi connectivity index (χ4n) is 5.21. The van der Waals surface area contributed by atoms with Gasteiger partial charge in [0.15, 0.2) is 0 Å². The van der Waals surface area contributed by atoms with Gasteiger partial charge in [-0.1, -0.05) is 18.2 Å². The van der Waals surface area contributed by atoms with Gasteiger partial charge < -0.3 is 20.7 Å². The molecule has 1 aliphatic heterocycles. The number of hydrogen-bond acceptors (Lipinski definition) is 8. The van der Waals surface area contributed by atoms with Crippen molar-refractivity contribution >= 4 is 38.3 Å². The molecule has 0 radical (unpaired) electrons. The van der Waals surface area contributed by atoms with Crippen molar-refractivity contribution in [3.05, 3.63) is 96.2 Å². The van der Waals surface area contributed by atoms with Crippen molar-refractivity contribution < 1.29 is 26.7 Å². The lowest BCUT2D eigenvalue weighted by atomic mass is 9.99. The number of methoxy groups -OCH3 is 1. The summed E-state index contributed by atoms with van der Waals surface area (Å²) < 4.78 is 61.2. The molecule has 4 N–H and O–H groups in total. The maximum atomic E-state index is 14.3. The number of nitrogens with two attached hydrogens (primary N) is 1. The van der Waals surface area contributed by atoms with Crippen LogP contribution >= 0.6 is 0 Å². The molecule has 0 atom stereocenters. The third-order valence-corrected chi connectivity index (χ3v) is 8.87. The average Bonchev–Trinajstić information content (AvgIpc) is 3.04. The minimum Gasteiger partial charge on any atom is -0.480 e. The summed E-state index contributed by atoms with van der Waals surface area (Å²) in [6, 6.07) is 18.2. The third-order valence-electron chi connectivity index (χ3n) is 7.47. The van der Waals surface area contributed by atoms with Gasteiger partial charge in [-0.25, -0.2) is 27.2 Å². The minimum absolute atomic E-state index is 0.0408. The number of aromatic nitrogens is 2. The van der Waals surface area contributed by atoms with Crippen molar-refractivity contribution in [3.63, 3.8) is 0 Å². The quantitative estimate of drug-likeness (QED) is 0.236. The van der Waals surface area contributed by atoms with E-state index in [0.29, 0.717) is 52.7 Å². The predicted octanol–water partition coefficient (Wildman–Crippen LogP) is 4.68. The summed E-state index contributed by atoms with van der Waals surface area (Å²) >= 11 is 0. The van der Waals surface area contributed by atoms with Crippen molar-refractivity contribution in [1.82, 2.24) is 20.2 Å². The highest BCUT2D eigenvalue weighted by Gasteiger charge is 2.23. The molecule has 0 spiro atoms. The zero-order valence-electron chi connectivity index (χ0n) is 24.1. The molecule has 45 heavy (non-hydrogen) atoms. The first kappa shape index (κ1) is 29.9. The lowest BCUT2D eigenvalue weighted by Gasteiger charge is -2.27. The molecular weight excluding hydrogens is 602 g/mol. The first-order valence-electron chi connectivity index (χ1n) is 14.0. The molecule has 1 fully saturated rings. The van der Waals surface area contributed by atoms with E-state index < -0.39 is 26.6 Å². The van der Waals surface area contributed by atoms with E-state index in [2.05, 4.69) is 20.0 Å². The number of carbonyl (C=O) groups excluding carboxylic acids is 1. The van der Waals surface area contributed by atoms with Crippen LogP contribution in [-0.2, 0) is 10.0 Å². The van der Waals surface area contributed by atoms with Crippen LogP contribution in [0.1, 0.15) is 10.4 Å². The van der Waals surface area contributed by atoms with E-state index in [1.54, 1.807) is 18.2 Å². The van der Waals surface area contributed by atoms with Gasteiger partial charge in [-0.15, -0.1) is 0 Å². The first-order chi connectivity index (χ1) is 21.6. The molecule has 230 valence electrons. The molecule has 13 heteroatoms. The molecule has 0 unspecified atom stereocenters. The maximum absolute atomic E-state index is 14.3. The number of rotatable bonds is 7. The van der Waals surface area contributed by atoms with Crippen LogP contribution in [0.15, 0.2) is 83.9 Å². The van der Waals surface area contributed by atoms with Crippen LogP contribution < -0.4 is 20.5 Å². The van der Waals surface area contributed by atoms with Gasteiger partial charge in [0.1, 0.15) is 28.0 Å². The normalized spacial score (nSPS) is 13.5. The van der Waals surface area contributed by atoms with Crippen molar-refractivity contribution in [2.45, 2.75) is 4.90 Å². The zero-order chi connectivity index (χ0) is 31.7. The van der Waals surface area contributed by atoms with E-state index in [1.165, 1.54) is 19.4 Å². The number of hydrogen-bond donors (Lipinski definition) is 3. The fourth-order valence-corrected chi connectivity index (χ4v) is 6.32. The van der Waals surface area contributed by atoms with E-state index in [0.717, 1.165) is 36.2 Å². The monoisotopic (exact) mass is 630 g/mol. The number of ether oxygens (including phenoxy) is 1. The highest BCUT2D eigenvalue weighted by atomic mass is 32.2. The summed E-state index contributed by atoms with van der Waals surface area (Å²) in [5, 5.41) is 3.98. The molecule has 0 bridgehead atoms. The summed E-state index contributed by atoms with van der Waals surface area (Å²) in [4.78, 5) is 23.0. The number of carbonyl (C=O) groups is 1. The second kappa shape index (κ2) is 12.1. The number of nitrogens with one attached hydrogen (secondary N) is 2. The van der Waals surface area contributed by atoms with Crippen LogP contribution in [0.4, 0.5) is 20.3 Å². The topological polar surface area (TPSA) is 140 Å². The number of benzene rings is 3. The number of piperazine rings is 1. The summed E-state index contributed by atoms with van der Waals surface area (Å²) in [7, 11) is -3.13. The van der Waals surface area contributed by atoms with E-state index in [9.17, 15) is 22.0 Å². The van der Waals surface area contributed by atoms with Crippen molar-refractivity contribution in [2.75, 3.05) is 43.7 Å². The van der Waals surface area contributed by atoms with Crippen LogP contribution in [-0.4, -0.2) is 62.5 Å². The molecule has 2 aromatic heterocycles.